The van der Waals surface area contributed by atoms with Crippen molar-refractivity contribution in [3.05, 3.63) is 54.6 Å². The quantitative estimate of drug-likeness (QED) is 0.211. The molecule has 4 N–H and O–H groups in total. The molecular formula is C24H29N6O8P. The van der Waals surface area contributed by atoms with Crippen LogP contribution >= 0.6 is 7.82 Å². The van der Waals surface area contributed by atoms with E-state index in [2.05, 4.69) is 25.6 Å². The number of carbonyl (C=O) groups excluding carboxylic acids is 1. The second-order valence-corrected chi connectivity index (χ2v) is 10.2. The number of hydrogen-bond donors (Lipinski definition) is 4. The summed E-state index contributed by atoms with van der Waals surface area (Å²) < 4.78 is 36.0. The van der Waals surface area contributed by atoms with Gasteiger partial charge in [-0.3, -0.25) is 14.4 Å². The molecule has 2 amide bonds. The number of amides is 2. The molecule has 0 spiro atoms. The number of benzene rings is 1. The first-order valence-corrected chi connectivity index (χ1v) is 14.0. The summed E-state index contributed by atoms with van der Waals surface area (Å²) in [6.45, 7) is 2.13. The van der Waals surface area contributed by atoms with Crippen LogP contribution in [0.15, 0.2) is 49.1 Å². The summed E-state index contributed by atoms with van der Waals surface area (Å²) in [5, 5.41) is 5.45. The molecule has 2 aliphatic heterocycles. The first-order chi connectivity index (χ1) is 18.8. The molecule has 5 atom stereocenters. The number of ether oxygens (including phenoxy) is 3. The van der Waals surface area contributed by atoms with E-state index in [9.17, 15) is 19.1 Å². The second-order valence-electron chi connectivity index (χ2n) is 8.97. The van der Waals surface area contributed by atoms with Crippen LogP contribution in [-0.2, 0) is 23.3 Å². The molecular weight excluding hydrogens is 531 g/mol. The lowest BCUT2D eigenvalue weighted by atomic mass is 10.1. The smallest absolute Gasteiger partial charge is 0.347 e. The monoisotopic (exact) mass is 560 g/mol. The van der Waals surface area contributed by atoms with E-state index in [0.29, 0.717) is 17.7 Å². The first kappa shape index (κ1) is 27.3. The summed E-state index contributed by atoms with van der Waals surface area (Å²) in [6, 6.07) is 9.19. The van der Waals surface area contributed by atoms with Crippen LogP contribution in [0.3, 0.4) is 0 Å². The average molecular weight is 561 g/mol. The Balaban J connectivity index is 1.38. The molecule has 14 nitrogen and oxygen atoms in total. The van der Waals surface area contributed by atoms with E-state index in [1.807, 2.05) is 43.3 Å². The fourth-order valence-electron chi connectivity index (χ4n) is 4.39. The number of imidazole rings is 1. The van der Waals surface area contributed by atoms with Gasteiger partial charge in [0.1, 0.15) is 24.6 Å². The molecule has 4 heterocycles. The molecule has 2 unspecified atom stereocenters. The number of nitrogens with one attached hydrogen (secondary N) is 2. The summed E-state index contributed by atoms with van der Waals surface area (Å²) >= 11 is 0. The van der Waals surface area contributed by atoms with Gasteiger partial charge in [-0.1, -0.05) is 49.8 Å². The summed E-state index contributed by atoms with van der Waals surface area (Å²) in [6.07, 6.45) is 4.37. The summed E-state index contributed by atoms with van der Waals surface area (Å²) in [4.78, 5) is 43.6. The lowest BCUT2D eigenvalue weighted by Gasteiger charge is -2.20. The Labute approximate surface area is 223 Å². The summed E-state index contributed by atoms with van der Waals surface area (Å²) in [7, 11) is -4.75. The van der Waals surface area contributed by atoms with Crippen LogP contribution in [0.1, 0.15) is 31.6 Å². The van der Waals surface area contributed by atoms with Crippen molar-refractivity contribution >= 4 is 36.9 Å². The minimum Gasteiger partial charge on any atom is -0.347 e. The van der Waals surface area contributed by atoms with Crippen molar-refractivity contribution in [3.8, 4) is 0 Å². The highest BCUT2D eigenvalue weighted by atomic mass is 31.2. The maximum absolute atomic E-state index is 12.3. The minimum atomic E-state index is -4.75. The predicted octanol–water partition coefficient (Wildman–Crippen LogP) is 2.58. The molecule has 208 valence electrons. The number of rotatable bonds is 10. The Morgan fingerprint density at radius 3 is 2.72 bits per heavy atom. The third kappa shape index (κ3) is 6.50. The van der Waals surface area contributed by atoms with E-state index in [4.69, 9.17) is 18.7 Å². The lowest BCUT2D eigenvalue weighted by Crippen LogP contribution is -2.31. The maximum Gasteiger partial charge on any atom is 0.469 e. The molecule has 0 saturated carbocycles. The number of phosphoric ester groups is 1. The van der Waals surface area contributed by atoms with Gasteiger partial charge in [-0.05, 0) is 18.1 Å². The lowest BCUT2D eigenvalue weighted by molar-refractivity contribution is -0.132. The topological polar surface area (TPSA) is 179 Å². The first-order valence-electron chi connectivity index (χ1n) is 12.4. The van der Waals surface area contributed by atoms with Gasteiger partial charge in [-0.25, -0.2) is 24.3 Å². The predicted molar refractivity (Wildman–Crippen MR) is 138 cm³/mol. The second kappa shape index (κ2) is 11.9. The van der Waals surface area contributed by atoms with Crippen molar-refractivity contribution in [2.45, 2.75) is 50.6 Å². The number of carbonyl (C=O) groups is 1. The van der Waals surface area contributed by atoms with E-state index < -0.39 is 51.3 Å². The molecule has 2 aromatic heterocycles. The van der Waals surface area contributed by atoms with E-state index in [1.165, 1.54) is 12.7 Å². The van der Waals surface area contributed by atoms with Crippen LogP contribution in [0.25, 0.3) is 17.2 Å². The Bertz CT molecular complexity index is 1370. The molecule has 15 heteroatoms. The van der Waals surface area contributed by atoms with Gasteiger partial charge in [-0.15, -0.1) is 0 Å². The van der Waals surface area contributed by atoms with E-state index in [-0.39, 0.29) is 5.82 Å². The largest absolute Gasteiger partial charge is 0.469 e. The van der Waals surface area contributed by atoms with Gasteiger partial charge in [0.15, 0.2) is 29.5 Å². The molecule has 0 radical (unpaired) electrons. The molecule has 2 fully saturated rings. The van der Waals surface area contributed by atoms with Crippen LogP contribution in [0.4, 0.5) is 10.6 Å². The van der Waals surface area contributed by atoms with Crippen molar-refractivity contribution in [1.82, 2.24) is 24.8 Å². The number of nitrogens with zero attached hydrogens (tertiary/aromatic N) is 4. The Kier molecular flexibility index (Phi) is 8.33. The van der Waals surface area contributed by atoms with Crippen molar-refractivity contribution < 1.29 is 37.9 Å². The number of unbranched alkanes of at least 4 members (excludes halogenated alkanes) is 1. The van der Waals surface area contributed by atoms with Gasteiger partial charge in [0.2, 0.25) is 0 Å². The molecule has 5 rings (SSSR count). The molecule has 2 saturated heterocycles. The van der Waals surface area contributed by atoms with Crippen LogP contribution in [0.5, 0.6) is 0 Å². The fourth-order valence-corrected chi connectivity index (χ4v) is 4.73. The van der Waals surface area contributed by atoms with E-state index in [0.717, 1.165) is 18.4 Å². The Morgan fingerprint density at radius 2 is 1.95 bits per heavy atom. The molecule has 0 aliphatic carbocycles. The zero-order valence-electron chi connectivity index (χ0n) is 21.0. The standard InChI is InChI=1S/C24H29N6O8P/c1-2-3-11-25-24(31)29-21-18-22(27-13-26-21)30(14-28-18)23-20-19(16(36-23)12-35-39(32,33)34)37-17(38-20)10-9-15-7-5-4-6-8-15/h4-10,13-14,16-17,19-20,23H,2-3,11-12H2,1H3,(H2,32,33,34)(H2,25,26,27,29,31)/t16-,17?,19?,20+,23-/m1/s1. The van der Waals surface area contributed by atoms with Crippen LogP contribution in [-0.4, -0.2) is 73.1 Å². The molecule has 39 heavy (non-hydrogen) atoms. The van der Waals surface area contributed by atoms with Crippen LogP contribution in [0, 0.1) is 0 Å². The minimum absolute atomic E-state index is 0.218. The highest BCUT2D eigenvalue weighted by Crippen LogP contribution is 2.43. The number of hydrogen-bond acceptors (Lipinski definition) is 9. The van der Waals surface area contributed by atoms with E-state index >= 15 is 0 Å². The van der Waals surface area contributed by atoms with Crippen molar-refractivity contribution in [3.63, 3.8) is 0 Å². The number of anilines is 1. The zero-order chi connectivity index (χ0) is 27.4. The molecule has 1 aromatic carbocycles. The number of urea groups is 1. The normalized spacial score (nSPS) is 24.8. The van der Waals surface area contributed by atoms with Gasteiger partial charge in [-0.2, -0.15) is 0 Å². The van der Waals surface area contributed by atoms with Crippen LogP contribution < -0.4 is 10.6 Å². The average Bonchev–Trinajstić information content (AvgIpc) is 3.61. The maximum atomic E-state index is 12.3. The van der Waals surface area contributed by atoms with Crippen molar-refractivity contribution in [2.75, 3.05) is 18.5 Å². The van der Waals surface area contributed by atoms with Gasteiger partial charge >= 0.3 is 13.9 Å². The number of phosphoric acid groups is 1. The molecule has 0 bridgehead atoms. The van der Waals surface area contributed by atoms with Gasteiger partial charge in [0.05, 0.1) is 12.9 Å². The summed E-state index contributed by atoms with van der Waals surface area (Å²) in [5.74, 6) is 0.218. The van der Waals surface area contributed by atoms with E-state index in [1.54, 1.807) is 10.6 Å². The zero-order valence-corrected chi connectivity index (χ0v) is 21.9. The third-order valence-electron chi connectivity index (χ3n) is 6.20. The SMILES string of the molecule is CCCCNC(=O)Nc1ncnc2c1ncn2[C@@H]1O[C@H](COP(=O)(O)O)C2OC(C=Cc3ccccc3)O[C@@H]21. The van der Waals surface area contributed by atoms with Gasteiger partial charge in [0.25, 0.3) is 0 Å². The molecule has 2 aliphatic rings. The van der Waals surface area contributed by atoms with Gasteiger partial charge < -0.3 is 29.3 Å². The Morgan fingerprint density at radius 1 is 1.15 bits per heavy atom. The highest BCUT2D eigenvalue weighted by molar-refractivity contribution is 7.46. The third-order valence-corrected chi connectivity index (χ3v) is 6.69. The van der Waals surface area contributed by atoms with Crippen LogP contribution in [0.2, 0.25) is 0 Å². The number of fused-ring (bicyclic) bond motifs is 2. The van der Waals surface area contributed by atoms with Crippen molar-refractivity contribution in [1.29, 1.82) is 0 Å². The van der Waals surface area contributed by atoms with Crippen molar-refractivity contribution in [2.24, 2.45) is 0 Å². The highest BCUT2D eigenvalue weighted by Gasteiger charge is 2.53. The Hall–Kier alpha value is -3.23. The van der Waals surface area contributed by atoms with Gasteiger partial charge in [0, 0.05) is 6.54 Å². The summed E-state index contributed by atoms with van der Waals surface area (Å²) in [5.41, 5.74) is 1.64. The number of aromatic nitrogens is 4. The fraction of sp³-hybridized carbons (Fsp3) is 0.417. The molecule has 3 aromatic rings.